The molecule has 1 aromatic rings. The summed E-state index contributed by atoms with van der Waals surface area (Å²) >= 11 is 0. The third kappa shape index (κ3) is 5.26. The van der Waals surface area contributed by atoms with Crippen molar-refractivity contribution in [1.82, 2.24) is 0 Å². The molecule has 0 aliphatic heterocycles. The van der Waals surface area contributed by atoms with Crippen LogP contribution in [-0.2, 0) is 19.1 Å². The Bertz CT molecular complexity index is 441. The number of carbonyl (C=O) groups excluding carboxylic acids is 2. The van der Waals surface area contributed by atoms with Crippen molar-refractivity contribution in [2.45, 2.75) is 26.7 Å². The van der Waals surface area contributed by atoms with Crippen LogP contribution in [0.2, 0.25) is 0 Å². The van der Waals surface area contributed by atoms with E-state index in [-0.39, 0.29) is 18.8 Å². The molecule has 20 heavy (non-hydrogen) atoms. The van der Waals surface area contributed by atoms with E-state index in [0.29, 0.717) is 12.8 Å². The van der Waals surface area contributed by atoms with E-state index < -0.39 is 11.9 Å². The number of rotatable bonds is 7. The van der Waals surface area contributed by atoms with Crippen molar-refractivity contribution in [3.63, 3.8) is 0 Å². The normalized spacial score (nSPS) is 9.70. The van der Waals surface area contributed by atoms with Crippen LogP contribution in [0.3, 0.4) is 0 Å². The highest BCUT2D eigenvalue weighted by molar-refractivity contribution is 6.17. The first kappa shape index (κ1) is 16.0. The molecule has 0 unspecified atom stereocenters. The molecule has 0 saturated carbocycles. The van der Waals surface area contributed by atoms with Crippen LogP contribution in [0.15, 0.2) is 29.8 Å². The Morgan fingerprint density at radius 1 is 1.05 bits per heavy atom. The minimum Gasteiger partial charge on any atom is -0.462 e. The van der Waals surface area contributed by atoms with Crippen LogP contribution in [0.4, 0.5) is 0 Å². The summed E-state index contributed by atoms with van der Waals surface area (Å²) in [4.78, 5) is 23.8. The van der Waals surface area contributed by atoms with E-state index in [4.69, 9.17) is 9.47 Å². The Hall–Kier alpha value is -2.10. The van der Waals surface area contributed by atoms with E-state index in [1.54, 1.807) is 24.3 Å². The van der Waals surface area contributed by atoms with Crippen molar-refractivity contribution in [2.24, 2.45) is 0 Å². The van der Waals surface area contributed by atoms with E-state index in [2.05, 4.69) is 6.07 Å². The second-order valence-electron chi connectivity index (χ2n) is 4.16. The van der Waals surface area contributed by atoms with Crippen LogP contribution in [-0.4, -0.2) is 25.2 Å². The largest absolute Gasteiger partial charge is 0.462 e. The molecule has 0 bridgehead atoms. The number of ether oxygens (including phenoxy) is 2. The second kappa shape index (κ2) is 8.91. The molecule has 0 amide bonds. The Balaban J connectivity index is 2.91. The van der Waals surface area contributed by atoms with Gasteiger partial charge in [0, 0.05) is 0 Å². The van der Waals surface area contributed by atoms with Gasteiger partial charge in [-0.2, -0.15) is 0 Å². The van der Waals surface area contributed by atoms with E-state index in [0.717, 1.165) is 5.56 Å². The molecule has 0 aliphatic carbocycles. The van der Waals surface area contributed by atoms with Crippen LogP contribution in [0.1, 0.15) is 32.3 Å². The van der Waals surface area contributed by atoms with Gasteiger partial charge in [-0.05, 0) is 30.5 Å². The Morgan fingerprint density at radius 3 is 2.00 bits per heavy atom. The fourth-order valence-corrected chi connectivity index (χ4v) is 1.41. The maximum Gasteiger partial charge on any atom is 0.345 e. The van der Waals surface area contributed by atoms with Gasteiger partial charge in [-0.1, -0.05) is 38.1 Å². The number of hydrogen-bond donors (Lipinski definition) is 0. The third-order valence-electron chi connectivity index (χ3n) is 2.37. The summed E-state index contributed by atoms with van der Waals surface area (Å²) in [6.07, 6.45) is 2.87. The summed E-state index contributed by atoms with van der Waals surface area (Å²) in [5.41, 5.74) is 0.638. The zero-order valence-electron chi connectivity index (χ0n) is 11.8. The highest BCUT2D eigenvalue weighted by Gasteiger charge is 2.21. The molecule has 107 valence electrons. The Labute approximate surface area is 119 Å². The lowest BCUT2D eigenvalue weighted by Gasteiger charge is -2.08. The van der Waals surface area contributed by atoms with Gasteiger partial charge in [-0.3, -0.25) is 0 Å². The van der Waals surface area contributed by atoms with Gasteiger partial charge in [-0.15, -0.1) is 0 Å². The van der Waals surface area contributed by atoms with Crippen molar-refractivity contribution in [3.8, 4) is 0 Å². The van der Waals surface area contributed by atoms with Crippen LogP contribution in [0, 0.1) is 6.07 Å². The molecule has 0 aliphatic rings. The van der Waals surface area contributed by atoms with Crippen LogP contribution < -0.4 is 0 Å². The van der Waals surface area contributed by atoms with Crippen LogP contribution in [0.5, 0.6) is 0 Å². The van der Waals surface area contributed by atoms with E-state index >= 15 is 0 Å². The monoisotopic (exact) mass is 275 g/mol. The Kier molecular flexibility index (Phi) is 7.11. The second-order valence-corrected chi connectivity index (χ2v) is 4.16. The van der Waals surface area contributed by atoms with E-state index in [1.807, 2.05) is 13.8 Å². The van der Waals surface area contributed by atoms with Gasteiger partial charge >= 0.3 is 11.9 Å². The predicted octanol–water partition coefficient (Wildman–Crippen LogP) is 2.78. The first-order valence-electron chi connectivity index (χ1n) is 6.71. The molecular formula is C16H19O4. The predicted molar refractivity (Wildman–Crippen MR) is 75.8 cm³/mol. The van der Waals surface area contributed by atoms with Crippen molar-refractivity contribution in [2.75, 3.05) is 13.2 Å². The Morgan fingerprint density at radius 2 is 1.55 bits per heavy atom. The number of benzene rings is 1. The lowest BCUT2D eigenvalue weighted by atomic mass is 10.1. The van der Waals surface area contributed by atoms with Crippen molar-refractivity contribution >= 4 is 18.0 Å². The number of esters is 2. The molecule has 0 fully saturated rings. The molecule has 0 heterocycles. The number of carbonyl (C=O) groups is 2. The van der Waals surface area contributed by atoms with Gasteiger partial charge in [0.2, 0.25) is 0 Å². The molecule has 0 N–H and O–H groups in total. The highest BCUT2D eigenvalue weighted by Crippen LogP contribution is 2.10. The summed E-state index contributed by atoms with van der Waals surface area (Å²) < 4.78 is 10.0. The summed E-state index contributed by atoms with van der Waals surface area (Å²) in [7, 11) is 0. The molecule has 4 heteroatoms. The quantitative estimate of drug-likeness (QED) is 0.332. The SMILES string of the molecule is CCCOC(=O)C(=Cc1cc[c]cc1)C(=O)OCCC. The first-order chi connectivity index (χ1) is 9.69. The zero-order chi connectivity index (χ0) is 14.8. The third-order valence-corrected chi connectivity index (χ3v) is 2.37. The minimum absolute atomic E-state index is 0.0851. The average Bonchev–Trinajstić information content (AvgIpc) is 2.48. The molecule has 0 aromatic heterocycles. The van der Waals surface area contributed by atoms with Gasteiger partial charge in [0.05, 0.1) is 13.2 Å². The van der Waals surface area contributed by atoms with Gasteiger partial charge in [0.1, 0.15) is 5.57 Å². The fourth-order valence-electron chi connectivity index (χ4n) is 1.41. The topological polar surface area (TPSA) is 52.6 Å². The van der Waals surface area contributed by atoms with Gasteiger partial charge in [0.15, 0.2) is 0 Å². The molecular weight excluding hydrogens is 256 g/mol. The average molecular weight is 275 g/mol. The molecule has 4 nitrogen and oxygen atoms in total. The van der Waals surface area contributed by atoms with Gasteiger partial charge in [-0.25, -0.2) is 9.59 Å². The van der Waals surface area contributed by atoms with Crippen molar-refractivity contribution in [3.05, 3.63) is 41.5 Å². The summed E-state index contributed by atoms with van der Waals surface area (Å²) in [5.74, 6) is -1.30. The number of hydrogen-bond acceptors (Lipinski definition) is 4. The fraction of sp³-hybridized carbons (Fsp3) is 0.375. The maximum atomic E-state index is 11.9. The molecule has 0 spiro atoms. The lowest BCUT2D eigenvalue weighted by molar-refractivity contribution is -0.147. The smallest absolute Gasteiger partial charge is 0.345 e. The van der Waals surface area contributed by atoms with Crippen LogP contribution >= 0.6 is 0 Å². The molecule has 1 aromatic carbocycles. The highest BCUT2D eigenvalue weighted by atomic mass is 16.6. The standard InChI is InChI=1S/C16H19O4/c1-3-10-19-15(17)14(16(18)20-11-4-2)12-13-8-6-5-7-9-13/h6-9,12H,3-4,10-11H2,1-2H3. The molecule has 0 saturated heterocycles. The first-order valence-corrected chi connectivity index (χ1v) is 6.71. The van der Waals surface area contributed by atoms with Crippen LogP contribution in [0.25, 0.3) is 6.08 Å². The van der Waals surface area contributed by atoms with E-state index in [1.165, 1.54) is 6.08 Å². The summed E-state index contributed by atoms with van der Waals surface area (Å²) in [5, 5.41) is 0. The zero-order valence-corrected chi connectivity index (χ0v) is 11.8. The molecule has 1 radical (unpaired) electrons. The van der Waals surface area contributed by atoms with E-state index in [9.17, 15) is 9.59 Å². The van der Waals surface area contributed by atoms with Crippen molar-refractivity contribution < 1.29 is 19.1 Å². The lowest BCUT2D eigenvalue weighted by Crippen LogP contribution is -2.19. The van der Waals surface area contributed by atoms with Gasteiger partial charge < -0.3 is 9.47 Å². The van der Waals surface area contributed by atoms with Gasteiger partial charge in [0.25, 0.3) is 0 Å². The minimum atomic E-state index is -0.652. The summed E-state index contributed by atoms with van der Waals surface area (Å²) in [6.45, 7) is 4.33. The summed E-state index contributed by atoms with van der Waals surface area (Å²) in [6, 6.07) is 9.78. The molecule has 1 rings (SSSR count). The maximum absolute atomic E-state index is 11.9. The van der Waals surface area contributed by atoms with Crippen molar-refractivity contribution in [1.29, 1.82) is 0 Å². The molecule has 0 atom stereocenters.